The summed E-state index contributed by atoms with van der Waals surface area (Å²) < 4.78 is 11.3. The predicted molar refractivity (Wildman–Crippen MR) is 122 cm³/mol. The van der Waals surface area contributed by atoms with Crippen LogP contribution < -0.4 is 15.4 Å². The monoisotopic (exact) mass is 447 g/mol. The maximum absolute atomic E-state index is 11.2. The van der Waals surface area contributed by atoms with E-state index in [1.54, 1.807) is 6.20 Å². The van der Waals surface area contributed by atoms with Gasteiger partial charge >= 0.3 is 6.09 Å². The number of halogens is 1. The zero-order valence-electron chi connectivity index (χ0n) is 18.2. The average Bonchev–Trinajstić information content (AvgIpc) is 3.19. The Morgan fingerprint density at radius 3 is 2.77 bits per heavy atom. The number of nitrogens with one attached hydrogen (secondary N) is 2. The quantitative estimate of drug-likeness (QED) is 0.498. The van der Waals surface area contributed by atoms with Gasteiger partial charge in [0.2, 0.25) is 0 Å². The lowest BCUT2D eigenvalue weighted by Gasteiger charge is -2.31. The van der Waals surface area contributed by atoms with E-state index in [4.69, 9.17) is 21.1 Å². The van der Waals surface area contributed by atoms with Crippen molar-refractivity contribution >= 4 is 23.5 Å². The number of pyridine rings is 1. The molecule has 3 N–H and O–H groups in total. The Bertz CT molecular complexity index is 902. The molecule has 1 aromatic carbocycles. The molecule has 1 saturated heterocycles. The summed E-state index contributed by atoms with van der Waals surface area (Å²) in [6.07, 6.45) is 2.31. The maximum Gasteiger partial charge on any atom is 0.405 e. The number of carboxylic acid groups (broad SMARTS) is 1. The molecule has 1 aromatic heterocycles. The molecule has 2 heterocycles. The topological polar surface area (TPSA) is 92.7 Å². The number of rotatable bonds is 9. The first kappa shape index (κ1) is 23.2. The lowest BCUT2D eigenvalue weighted by atomic mass is 9.91. The molecule has 0 radical (unpaired) electrons. The van der Waals surface area contributed by atoms with Gasteiger partial charge in [-0.1, -0.05) is 31.5 Å². The van der Waals surface area contributed by atoms with Crippen molar-refractivity contribution in [2.24, 2.45) is 5.92 Å². The van der Waals surface area contributed by atoms with Gasteiger partial charge < -0.3 is 25.2 Å². The fraction of sp³-hybridized carbons (Fsp3) is 0.478. The zero-order chi connectivity index (χ0) is 22.4. The van der Waals surface area contributed by atoms with Crippen LogP contribution in [-0.2, 0) is 4.74 Å². The highest BCUT2D eigenvalue weighted by Crippen LogP contribution is 2.32. The molecular formula is C23H30ClN3O4. The van der Waals surface area contributed by atoms with E-state index in [-0.39, 0.29) is 12.6 Å². The number of amides is 1. The third kappa shape index (κ3) is 6.74. The van der Waals surface area contributed by atoms with Gasteiger partial charge in [0.1, 0.15) is 18.2 Å². The van der Waals surface area contributed by atoms with Crippen molar-refractivity contribution in [3.63, 3.8) is 0 Å². The van der Waals surface area contributed by atoms with Crippen molar-refractivity contribution in [1.82, 2.24) is 10.3 Å². The Morgan fingerprint density at radius 1 is 1.35 bits per heavy atom. The van der Waals surface area contributed by atoms with Crippen LogP contribution in [0.1, 0.15) is 33.6 Å². The highest BCUT2D eigenvalue weighted by Gasteiger charge is 2.29. The third-order valence-electron chi connectivity index (χ3n) is 5.12. The van der Waals surface area contributed by atoms with E-state index in [0.717, 1.165) is 30.0 Å². The van der Waals surface area contributed by atoms with Crippen LogP contribution in [-0.4, -0.2) is 47.6 Å². The van der Waals surface area contributed by atoms with Gasteiger partial charge in [-0.05, 0) is 61.1 Å². The first-order chi connectivity index (χ1) is 14.7. The zero-order valence-corrected chi connectivity index (χ0v) is 18.9. The van der Waals surface area contributed by atoms with Crippen LogP contribution in [0.2, 0.25) is 5.02 Å². The molecule has 7 nitrogen and oxygen atoms in total. The van der Waals surface area contributed by atoms with E-state index in [9.17, 15) is 9.90 Å². The van der Waals surface area contributed by atoms with Crippen LogP contribution >= 0.6 is 11.6 Å². The first-order valence-corrected chi connectivity index (χ1v) is 10.9. The van der Waals surface area contributed by atoms with E-state index < -0.39 is 11.6 Å². The molecule has 0 spiro atoms. The minimum Gasteiger partial charge on any atom is -0.490 e. The molecule has 1 fully saturated rings. The summed E-state index contributed by atoms with van der Waals surface area (Å²) in [5.41, 5.74) is 1.22. The Kier molecular flexibility index (Phi) is 7.62. The molecule has 1 unspecified atom stereocenters. The second-order valence-electron chi connectivity index (χ2n) is 8.66. The summed E-state index contributed by atoms with van der Waals surface area (Å²) in [5, 5.41) is 15.6. The number of hydrogen-bond acceptors (Lipinski definition) is 5. The summed E-state index contributed by atoms with van der Waals surface area (Å²) >= 11 is 6.49. The van der Waals surface area contributed by atoms with Crippen LogP contribution in [0, 0.1) is 5.92 Å². The van der Waals surface area contributed by atoms with Gasteiger partial charge in [-0.25, -0.2) is 9.78 Å². The Labute approximate surface area is 188 Å². The van der Waals surface area contributed by atoms with E-state index in [0.29, 0.717) is 29.7 Å². The van der Waals surface area contributed by atoms with Gasteiger partial charge in [0.25, 0.3) is 0 Å². The van der Waals surface area contributed by atoms with Crippen molar-refractivity contribution in [2.45, 2.75) is 45.2 Å². The summed E-state index contributed by atoms with van der Waals surface area (Å²) in [6.45, 7) is 7.57. The van der Waals surface area contributed by atoms with Crippen molar-refractivity contribution in [1.29, 1.82) is 0 Å². The lowest BCUT2D eigenvalue weighted by Crippen LogP contribution is -2.50. The molecule has 1 aliphatic rings. The normalized spacial score (nSPS) is 17.9. The summed E-state index contributed by atoms with van der Waals surface area (Å²) in [6, 6.07) is 9.79. The van der Waals surface area contributed by atoms with Crippen molar-refractivity contribution in [3.05, 3.63) is 41.6 Å². The van der Waals surface area contributed by atoms with Gasteiger partial charge in [0.05, 0.1) is 23.2 Å². The standard InChI is InChI=1S/C23H30ClN3O4/c1-15(2)12-23(3,27-22(28)29)14-31-20-5-4-16(10-19(20)24)17-6-8-25-21(11-17)26-18-7-9-30-13-18/h4-6,8,10-11,15,18,27H,7,9,12-14H2,1-3H3,(H,25,26)(H,28,29)/t18?,23-/m0/s1. The molecule has 1 amide bonds. The van der Waals surface area contributed by atoms with Gasteiger partial charge in [-0.2, -0.15) is 0 Å². The molecule has 2 atom stereocenters. The van der Waals surface area contributed by atoms with Gasteiger partial charge in [0.15, 0.2) is 0 Å². The number of benzene rings is 1. The van der Waals surface area contributed by atoms with Crippen molar-refractivity contribution in [3.8, 4) is 16.9 Å². The van der Waals surface area contributed by atoms with E-state index >= 15 is 0 Å². The van der Waals surface area contributed by atoms with Crippen LogP contribution in [0.5, 0.6) is 5.75 Å². The number of hydrogen-bond donors (Lipinski definition) is 3. The second-order valence-corrected chi connectivity index (χ2v) is 9.06. The predicted octanol–water partition coefficient (Wildman–Crippen LogP) is 5.05. The largest absolute Gasteiger partial charge is 0.490 e. The van der Waals surface area contributed by atoms with Gasteiger partial charge in [0, 0.05) is 12.8 Å². The molecule has 0 bridgehead atoms. The van der Waals surface area contributed by atoms with E-state index in [2.05, 4.69) is 15.6 Å². The minimum atomic E-state index is -1.07. The smallest absolute Gasteiger partial charge is 0.405 e. The maximum atomic E-state index is 11.2. The third-order valence-corrected chi connectivity index (χ3v) is 5.42. The van der Waals surface area contributed by atoms with E-state index in [1.165, 1.54) is 0 Å². The number of nitrogens with zero attached hydrogens (tertiary/aromatic N) is 1. The SMILES string of the molecule is CC(C)C[C@@](C)(COc1ccc(-c2ccnc(NC3CCOC3)c2)cc1Cl)NC(=O)O. The van der Waals surface area contributed by atoms with Crippen molar-refractivity contribution in [2.75, 3.05) is 25.1 Å². The number of carbonyl (C=O) groups is 1. The van der Waals surface area contributed by atoms with Crippen LogP contribution in [0.3, 0.4) is 0 Å². The van der Waals surface area contributed by atoms with E-state index in [1.807, 2.05) is 51.1 Å². The Hall–Kier alpha value is -2.51. The fourth-order valence-electron chi connectivity index (χ4n) is 3.89. The van der Waals surface area contributed by atoms with Crippen molar-refractivity contribution < 1.29 is 19.4 Å². The van der Waals surface area contributed by atoms with Gasteiger partial charge in [-0.15, -0.1) is 0 Å². The molecule has 3 rings (SSSR count). The molecule has 1 aliphatic heterocycles. The Balaban J connectivity index is 1.70. The molecule has 168 valence electrons. The molecule has 0 aliphatic carbocycles. The molecule has 2 aromatic rings. The minimum absolute atomic E-state index is 0.184. The number of anilines is 1. The lowest BCUT2D eigenvalue weighted by molar-refractivity contribution is 0.143. The number of aromatic nitrogens is 1. The fourth-order valence-corrected chi connectivity index (χ4v) is 4.12. The molecule has 8 heteroatoms. The van der Waals surface area contributed by atoms with Crippen LogP contribution in [0.25, 0.3) is 11.1 Å². The number of ether oxygens (including phenoxy) is 2. The average molecular weight is 448 g/mol. The second kappa shape index (κ2) is 10.2. The highest BCUT2D eigenvalue weighted by atomic mass is 35.5. The first-order valence-electron chi connectivity index (χ1n) is 10.5. The molecular weight excluding hydrogens is 418 g/mol. The van der Waals surface area contributed by atoms with Crippen LogP contribution in [0.4, 0.5) is 10.6 Å². The van der Waals surface area contributed by atoms with Crippen LogP contribution in [0.15, 0.2) is 36.5 Å². The molecule has 0 saturated carbocycles. The summed E-state index contributed by atoms with van der Waals surface area (Å²) in [7, 11) is 0. The van der Waals surface area contributed by atoms with Gasteiger partial charge in [-0.3, -0.25) is 0 Å². The Morgan fingerprint density at radius 2 is 2.13 bits per heavy atom. The summed E-state index contributed by atoms with van der Waals surface area (Å²) in [5.74, 6) is 1.63. The molecule has 31 heavy (non-hydrogen) atoms. The summed E-state index contributed by atoms with van der Waals surface area (Å²) in [4.78, 5) is 15.6. The highest BCUT2D eigenvalue weighted by molar-refractivity contribution is 6.32.